The first-order chi connectivity index (χ1) is 9.40. The second kappa shape index (κ2) is 6.74. The van der Waals surface area contributed by atoms with Crippen LogP contribution >= 0.6 is 11.5 Å². The summed E-state index contributed by atoms with van der Waals surface area (Å²) >= 11 is 1.43. The van der Waals surface area contributed by atoms with Gasteiger partial charge in [-0.15, -0.1) is 5.10 Å². The van der Waals surface area contributed by atoms with Crippen molar-refractivity contribution in [2.45, 2.75) is 31.9 Å². The van der Waals surface area contributed by atoms with Gasteiger partial charge in [0.05, 0.1) is 25.0 Å². The van der Waals surface area contributed by atoms with E-state index in [9.17, 15) is 0 Å². The molecule has 0 bridgehead atoms. The molecule has 5 nitrogen and oxygen atoms in total. The summed E-state index contributed by atoms with van der Waals surface area (Å²) in [5.41, 5.74) is 1.09. The summed E-state index contributed by atoms with van der Waals surface area (Å²) in [6.07, 6.45) is 3.86. The molecule has 0 unspecified atom stereocenters. The van der Waals surface area contributed by atoms with Crippen molar-refractivity contribution in [3.8, 4) is 0 Å². The lowest BCUT2D eigenvalue weighted by Crippen LogP contribution is -2.37. The molecular formula is C13H21N3O2S. The Morgan fingerprint density at radius 1 is 1.37 bits per heavy atom. The van der Waals surface area contributed by atoms with E-state index < -0.39 is 0 Å². The fourth-order valence-electron chi connectivity index (χ4n) is 2.70. The van der Waals surface area contributed by atoms with Gasteiger partial charge in [-0.2, -0.15) is 0 Å². The van der Waals surface area contributed by atoms with Gasteiger partial charge in [-0.25, -0.2) is 0 Å². The third kappa shape index (κ3) is 3.95. The highest BCUT2D eigenvalue weighted by Crippen LogP contribution is 2.19. The van der Waals surface area contributed by atoms with Crippen molar-refractivity contribution >= 4 is 11.5 Å². The zero-order valence-electron chi connectivity index (χ0n) is 11.2. The first-order valence-electron chi connectivity index (χ1n) is 7.08. The van der Waals surface area contributed by atoms with Crippen LogP contribution in [0.4, 0.5) is 0 Å². The van der Waals surface area contributed by atoms with E-state index in [1.165, 1.54) is 11.5 Å². The van der Waals surface area contributed by atoms with Gasteiger partial charge >= 0.3 is 0 Å². The average Bonchev–Trinajstić information content (AvgIpc) is 3.11. The maximum Gasteiger partial charge on any atom is 0.0895 e. The maximum atomic E-state index is 6.02. The smallest absolute Gasteiger partial charge is 0.0895 e. The number of aromatic nitrogens is 2. The van der Waals surface area contributed by atoms with Crippen LogP contribution in [0, 0.1) is 5.92 Å². The molecule has 0 spiro atoms. The lowest BCUT2D eigenvalue weighted by atomic mass is 10.1. The fourth-order valence-corrected chi connectivity index (χ4v) is 3.15. The van der Waals surface area contributed by atoms with E-state index in [1.807, 2.05) is 5.38 Å². The Labute approximate surface area is 118 Å². The average molecular weight is 283 g/mol. The Morgan fingerprint density at radius 2 is 2.26 bits per heavy atom. The summed E-state index contributed by atoms with van der Waals surface area (Å²) in [5, 5.41) is 6.13. The predicted octanol–water partition coefficient (Wildman–Crippen LogP) is 1.56. The Balaban J connectivity index is 1.34. The molecule has 1 aromatic heterocycles. The molecule has 2 fully saturated rings. The minimum absolute atomic E-state index is 0.436. The van der Waals surface area contributed by atoms with Gasteiger partial charge in [0.25, 0.3) is 0 Å². The summed E-state index contributed by atoms with van der Waals surface area (Å²) in [6.45, 7) is 5.80. The van der Waals surface area contributed by atoms with E-state index >= 15 is 0 Å². The second-order valence-corrected chi connectivity index (χ2v) is 6.04. The lowest BCUT2D eigenvalue weighted by molar-refractivity contribution is -0.0118. The van der Waals surface area contributed by atoms with Crippen LogP contribution in [0.1, 0.15) is 25.0 Å². The molecule has 19 heavy (non-hydrogen) atoms. The molecule has 0 aromatic carbocycles. The van der Waals surface area contributed by atoms with E-state index in [-0.39, 0.29) is 0 Å². The van der Waals surface area contributed by atoms with Crippen molar-refractivity contribution in [3.63, 3.8) is 0 Å². The standard InChI is InChI=1S/C13H21N3O2S/c1-4-16(7-12-10-19-15-14-12)5-2-13(1)18-9-11-3-6-17-8-11/h10-11,13H,1-9H2/t11-/m0/s1. The maximum absolute atomic E-state index is 6.02. The van der Waals surface area contributed by atoms with Crippen LogP contribution < -0.4 is 0 Å². The van der Waals surface area contributed by atoms with Crippen LogP contribution in [-0.2, 0) is 16.0 Å². The molecule has 2 saturated heterocycles. The summed E-state index contributed by atoms with van der Waals surface area (Å²) < 4.78 is 15.3. The quantitative estimate of drug-likeness (QED) is 0.820. The first kappa shape index (κ1) is 13.4. The number of ether oxygens (including phenoxy) is 2. The molecule has 1 atom stereocenters. The first-order valence-corrected chi connectivity index (χ1v) is 7.91. The van der Waals surface area contributed by atoms with Crippen molar-refractivity contribution < 1.29 is 9.47 Å². The summed E-state index contributed by atoms with van der Waals surface area (Å²) in [6, 6.07) is 0. The molecule has 0 saturated carbocycles. The van der Waals surface area contributed by atoms with E-state index in [0.29, 0.717) is 12.0 Å². The molecule has 106 valence electrons. The van der Waals surface area contributed by atoms with Gasteiger partial charge in [0, 0.05) is 37.5 Å². The van der Waals surface area contributed by atoms with Crippen molar-refractivity contribution in [1.29, 1.82) is 0 Å². The normalized spacial score (nSPS) is 26.0. The molecule has 2 aliphatic heterocycles. The number of rotatable bonds is 5. The van der Waals surface area contributed by atoms with Gasteiger partial charge in [-0.05, 0) is 30.8 Å². The van der Waals surface area contributed by atoms with Crippen molar-refractivity contribution in [1.82, 2.24) is 14.5 Å². The highest BCUT2D eigenvalue weighted by atomic mass is 32.1. The topological polar surface area (TPSA) is 47.5 Å². The Kier molecular flexibility index (Phi) is 4.76. The SMILES string of the molecule is c1snnc1CN1CCC(OC[C@H]2CCOC2)CC1. The van der Waals surface area contributed by atoms with Crippen LogP contribution in [0.5, 0.6) is 0 Å². The third-order valence-electron chi connectivity index (χ3n) is 3.92. The summed E-state index contributed by atoms with van der Waals surface area (Å²) in [5.74, 6) is 0.624. The number of piperidine rings is 1. The van der Waals surface area contributed by atoms with Gasteiger partial charge in [0.1, 0.15) is 0 Å². The second-order valence-electron chi connectivity index (χ2n) is 5.43. The van der Waals surface area contributed by atoms with Crippen molar-refractivity contribution in [3.05, 3.63) is 11.1 Å². The highest BCUT2D eigenvalue weighted by molar-refractivity contribution is 7.03. The van der Waals surface area contributed by atoms with Gasteiger partial charge < -0.3 is 9.47 Å². The summed E-state index contributed by atoms with van der Waals surface area (Å²) in [4.78, 5) is 2.44. The molecule has 0 radical (unpaired) electrons. The van der Waals surface area contributed by atoms with E-state index in [2.05, 4.69) is 14.5 Å². The van der Waals surface area contributed by atoms with Gasteiger partial charge in [-0.3, -0.25) is 4.90 Å². The number of likely N-dealkylation sites (tertiary alicyclic amines) is 1. The minimum Gasteiger partial charge on any atom is -0.381 e. The minimum atomic E-state index is 0.436. The summed E-state index contributed by atoms with van der Waals surface area (Å²) in [7, 11) is 0. The van der Waals surface area contributed by atoms with Crippen LogP contribution in [0.15, 0.2) is 5.38 Å². The van der Waals surface area contributed by atoms with E-state index in [4.69, 9.17) is 9.47 Å². The molecule has 6 heteroatoms. The van der Waals surface area contributed by atoms with Crippen LogP contribution in [0.2, 0.25) is 0 Å². The molecule has 0 N–H and O–H groups in total. The number of nitrogens with zero attached hydrogens (tertiary/aromatic N) is 3. The number of hydrogen-bond acceptors (Lipinski definition) is 6. The Bertz CT molecular complexity index is 360. The predicted molar refractivity (Wildman–Crippen MR) is 73.1 cm³/mol. The molecule has 3 rings (SSSR count). The largest absolute Gasteiger partial charge is 0.381 e. The molecule has 1 aromatic rings. The number of hydrogen-bond donors (Lipinski definition) is 0. The zero-order valence-corrected chi connectivity index (χ0v) is 12.0. The van der Waals surface area contributed by atoms with E-state index in [1.54, 1.807) is 0 Å². The molecule has 0 amide bonds. The van der Waals surface area contributed by atoms with Crippen molar-refractivity contribution in [2.75, 3.05) is 32.9 Å². The monoisotopic (exact) mass is 283 g/mol. The van der Waals surface area contributed by atoms with E-state index in [0.717, 1.165) is 64.4 Å². The fraction of sp³-hybridized carbons (Fsp3) is 0.846. The van der Waals surface area contributed by atoms with Crippen LogP contribution in [0.25, 0.3) is 0 Å². The highest BCUT2D eigenvalue weighted by Gasteiger charge is 2.22. The molecular weight excluding hydrogens is 262 g/mol. The third-order valence-corrected chi connectivity index (χ3v) is 4.47. The molecule has 2 aliphatic rings. The lowest BCUT2D eigenvalue weighted by Gasteiger charge is -2.31. The van der Waals surface area contributed by atoms with Crippen LogP contribution in [0.3, 0.4) is 0 Å². The van der Waals surface area contributed by atoms with Gasteiger partial charge in [0.15, 0.2) is 0 Å². The van der Waals surface area contributed by atoms with Crippen molar-refractivity contribution in [2.24, 2.45) is 5.92 Å². The Hall–Kier alpha value is -0.560. The van der Waals surface area contributed by atoms with Gasteiger partial charge in [-0.1, -0.05) is 4.49 Å². The van der Waals surface area contributed by atoms with Gasteiger partial charge in [0.2, 0.25) is 0 Å². The zero-order chi connectivity index (χ0) is 12.9. The molecule has 0 aliphatic carbocycles. The van der Waals surface area contributed by atoms with Crippen LogP contribution in [-0.4, -0.2) is 53.5 Å². The molecule has 3 heterocycles. The Morgan fingerprint density at radius 3 is 2.95 bits per heavy atom.